The van der Waals surface area contributed by atoms with Crippen molar-refractivity contribution in [2.45, 2.75) is 25.9 Å². The molecule has 1 aliphatic heterocycles. The van der Waals surface area contributed by atoms with Crippen LogP contribution in [0.5, 0.6) is 0 Å². The van der Waals surface area contributed by atoms with Crippen LogP contribution in [0.1, 0.15) is 19.0 Å². The first-order valence-corrected chi connectivity index (χ1v) is 9.34. The first-order valence-electron chi connectivity index (χ1n) is 9.34. The minimum absolute atomic E-state index is 0.0657. The third-order valence-electron chi connectivity index (χ3n) is 5.09. The maximum absolute atomic E-state index is 13.1. The first-order chi connectivity index (χ1) is 13.7. The van der Waals surface area contributed by atoms with Crippen LogP contribution in [-0.4, -0.2) is 45.5 Å². The molecule has 0 fully saturated rings. The number of aromatic nitrogens is 2. The van der Waals surface area contributed by atoms with E-state index in [1.807, 2.05) is 13.0 Å². The van der Waals surface area contributed by atoms with Crippen molar-refractivity contribution in [3.63, 3.8) is 0 Å². The maximum atomic E-state index is 13.1. The molecule has 9 nitrogen and oxygen atoms in total. The van der Waals surface area contributed by atoms with Gasteiger partial charge in [0.25, 0.3) is 5.56 Å². The predicted molar refractivity (Wildman–Crippen MR) is 110 cm³/mol. The molecule has 154 valence electrons. The summed E-state index contributed by atoms with van der Waals surface area (Å²) in [5.74, 6) is -0.304. The molecule has 3 rings (SSSR count). The number of para-hydroxylation sites is 2. The topological polar surface area (TPSA) is 96.7 Å². The summed E-state index contributed by atoms with van der Waals surface area (Å²) >= 11 is 0. The Labute approximate surface area is 168 Å². The molecule has 1 aromatic carbocycles. The van der Waals surface area contributed by atoms with Gasteiger partial charge in [-0.2, -0.15) is 0 Å². The van der Waals surface area contributed by atoms with Crippen molar-refractivity contribution in [1.29, 1.82) is 0 Å². The monoisotopic (exact) mass is 399 g/mol. The van der Waals surface area contributed by atoms with E-state index in [1.165, 1.54) is 17.7 Å². The van der Waals surface area contributed by atoms with Crippen molar-refractivity contribution >= 4 is 23.2 Å². The Balaban J connectivity index is 1.82. The van der Waals surface area contributed by atoms with Gasteiger partial charge in [-0.3, -0.25) is 28.4 Å². The molecule has 0 bridgehead atoms. The van der Waals surface area contributed by atoms with Gasteiger partial charge in [-0.15, -0.1) is 0 Å². The fourth-order valence-electron chi connectivity index (χ4n) is 3.54. The number of nitrogens with one attached hydrogen (secondary N) is 1. The van der Waals surface area contributed by atoms with Crippen molar-refractivity contribution in [2.75, 3.05) is 23.8 Å². The van der Waals surface area contributed by atoms with Gasteiger partial charge in [0.15, 0.2) is 0 Å². The fourth-order valence-corrected chi connectivity index (χ4v) is 3.54. The molecule has 2 aromatic rings. The van der Waals surface area contributed by atoms with Gasteiger partial charge < -0.3 is 10.2 Å². The van der Waals surface area contributed by atoms with Gasteiger partial charge in [-0.25, -0.2) is 4.79 Å². The Morgan fingerprint density at radius 2 is 1.86 bits per heavy atom. The average Bonchev–Trinajstić information content (AvgIpc) is 2.78. The van der Waals surface area contributed by atoms with Crippen LogP contribution in [0.2, 0.25) is 0 Å². The van der Waals surface area contributed by atoms with E-state index in [1.54, 1.807) is 42.1 Å². The highest BCUT2D eigenvalue weighted by Gasteiger charge is 2.30. The number of nitrogens with zero attached hydrogens (tertiary/aromatic N) is 4. The SMILES string of the molecule is C[C@H]1CC(=O)Nc2ccccc2N1C(=O)CN(C)Cc1cc(=O)n(C)c(=O)n1C. The van der Waals surface area contributed by atoms with E-state index in [-0.39, 0.29) is 42.9 Å². The Hall–Kier alpha value is -3.20. The smallest absolute Gasteiger partial charge is 0.324 e. The lowest BCUT2D eigenvalue weighted by molar-refractivity contribution is -0.120. The quantitative estimate of drug-likeness (QED) is 0.797. The van der Waals surface area contributed by atoms with Crippen LogP contribution < -0.4 is 21.5 Å². The molecule has 1 N–H and O–H groups in total. The van der Waals surface area contributed by atoms with Crippen LogP contribution >= 0.6 is 0 Å². The second-order valence-electron chi connectivity index (χ2n) is 7.43. The summed E-state index contributed by atoms with van der Waals surface area (Å²) in [5, 5.41) is 2.83. The normalized spacial score (nSPS) is 16.4. The molecule has 0 radical (unpaired) electrons. The fraction of sp³-hybridized carbons (Fsp3) is 0.400. The van der Waals surface area contributed by atoms with Crippen molar-refractivity contribution in [3.8, 4) is 0 Å². The molecular weight excluding hydrogens is 374 g/mol. The largest absolute Gasteiger partial charge is 0.330 e. The number of anilines is 2. The molecule has 0 aliphatic carbocycles. The van der Waals surface area contributed by atoms with Crippen molar-refractivity contribution in [2.24, 2.45) is 14.1 Å². The molecule has 29 heavy (non-hydrogen) atoms. The number of amides is 2. The summed E-state index contributed by atoms with van der Waals surface area (Å²) in [5.41, 5.74) is 0.987. The number of carbonyl (C=O) groups excluding carboxylic acids is 2. The van der Waals surface area contributed by atoms with Crippen LogP contribution in [0.25, 0.3) is 0 Å². The standard InChI is InChI=1S/C20H25N5O4/c1-13-9-17(26)21-15-7-5-6-8-16(15)25(13)19(28)12-22(2)11-14-10-18(27)24(4)20(29)23(14)3/h5-8,10,13H,9,11-12H2,1-4H3,(H,21,26)/t13-/m0/s1. The molecule has 1 aliphatic rings. The number of carbonyl (C=O) groups is 2. The van der Waals surface area contributed by atoms with Gasteiger partial charge in [0.1, 0.15) is 0 Å². The third-order valence-corrected chi connectivity index (χ3v) is 5.09. The van der Waals surface area contributed by atoms with Gasteiger partial charge in [0.2, 0.25) is 11.8 Å². The highest BCUT2D eigenvalue weighted by atomic mass is 16.2. The van der Waals surface area contributed by atoms with E-state index in [2.05, 4.69) is 5.32 Å². The molecule has 0 saturated heterocycles. The molecule has 2 heterocycles. The summed E-state index contributed by atoms with van der Waals surface area (Å²) in [6.45, 7) is 2.16. The number of hydrogen-bond acceptors (Lipinski definition) is 5. The van der Waals surface area contributed by atoms with Crippen LogP contribution in [0, 0.1) is 0 Å². The zero-order valence-electron chi connectivity index (χ0n) is 17.0. The lowest BCUT2D eigenvalue weighted by Crippen LogP contribution is -2.45. The molecule has 9 heteroatoms. The van der Waals surface area contributed by atoms with E-state index >= 15 is 0 Å². The molecule has 1 aromatic heterocycles. The second kappa shape index (κ2) is 8.04. The van der Waals surface area contributed by atoms with Gasteiger partial charge in [-0.1, -0.05) is 12.1 Å². The van der Waals surface area contributed by atoms with E-state index in [9.17, 15) is 19.2 Å². The van der Waals surface area contributed by atoms with Crippen molar-refractivity contribution < 1.29 is 9.59 Å². The van der Waals surface area contributed by atoms with Gasteiger partial charge in [0.05, 0.1) is 17.9 Å². The third kappa shape index (κ3) is 4.14. The van der Waals surface area contributed by atoms with E-state index < -0.39 is 5.69 Å². The van der Waals surface area contributed by atoms with Crippen molar-refractivity contribution in [3.05, 3.63) is 56.9 Å². The van der Waals surface area contributed by atoms with Gasteiger partial charge in [0, 0.05) is 44.9 Å². The summed E-state index contributed by atoms with van der Waals surface area (Å²) in [6, 6.07) is 8.30. The van der Waals surface area contributed by atoms with Crippen LogP contribution in [-0.2, 0) is 30.2 Å². The van der Waals surface area contributed by atoms with E-state index in [4.69, 9.17) is 0 Å². The summed E-state index contributed by atoms with van der Waals surface area (Å²) < 4.78 is 2.43. The molecule has 1 atom stereocenters. The van der Waals surface area contributed by atoms with Crippen LogP contribution in [0.3, 0.4) is 0 Å². The Kier molecular flexibility index (Phi) is 5.69. The van der Waals surface area contributed by atoms with Gasteiger partial charge in [-0.05, 0) is 26.1 Å². The lowest BCUT2D eigenvalue weighted by Gasteiger charge is -2.30. The molecular formula is C20H25N5O4. The zero-order chi connectivity index (χ0) is 21.3. The van der Waals surface area contributed by atoms with Crippen LogP contribution in [0.4, 0.5) is 11.4 Å². The minimum Gasteiger partial charge on any atom is -0.324 e. The molecule has 0 saturated carbocycles. The number of likely N-dealkylation sites (N-methyl/N-ethyl adjacent to an activating group) is 1. The summed E-state index contributed by atoms with van der Waals surface area (Å²) in [4.78, 5) is 52.6. The zero-order valence-corrected chi connectivity index (χ0v) is 17.0. The minimum atomic E-state index is -0.410. The number of benzene rings is 1. The Morgan fingerprint density at radius 1 is 1.17 bits per heavy atom. The highest BCUT2D eigenvalue weighted by Crippen LogP contribution is 2.31. The Morgan fingerprint density at radius 3 is 2.59 bits per heavy atom. The predicted octanol–water partition coefficient (Wildman–Crippen LogP) is 0.280. The number of hydrogen-bond donors (Lipinski definition) is 1. The number of rotatable bonds is 4. The van der Waals surface area contributed by atoms with Crippen molar-refractivity contribution in [1.82, 2.24) is 14.0 Å². The first kappa shape index (κ1) is 20.5. The average molecular weight is 399 g/mol. The van der Waals surface area contributed by atoms with Gasteiger partial charge >= 0.3 is 5.69 Å². The maximum Gasteiger partial charge on any atom is 0.330 e. The summed E-state index contributed by atoms with van der Waals surface area (Å²) in [6.07, 6.45) is 0.202. The lowest BCUT2D eigenvalue weighted by atomic mass is 10.1. The number of fused-ring (bicyclic) bond motifs is 1. The second-order valence-corrected chi connectivity index (χ2v) is 7.43. The molecule has 2 amide bonds. The molecule has 0 unspecified atom stereocenters. The molecule has 0 spiro atoms. The van der Waals surface area contributed by atoms with E-state index in [0.717, 1.165) is 4.57 Å². The van der Waals surface area contributed by atoms with Crippen LogP contribution in [0.15, 0.2) is 39.9 Å². The highest BCUT2D eigenvalue weighted by molar-refractivity contribution is 6.04. The summed E-state index contributed by atoms with van der Waals surface area (Å²) in [7, 11) is 4.77. The van der Waals surface area contributed by atoms with E-state index in [0.29, 0.717) is 17.1 Å². The Bertz CT molecular complexity index is 1070.